The molecule has 1 unspecified atom stereocenters. The molecule has 35 heavy (non-hydrogen) atoms. The number of aliphatic hydroxyl groups excluding tert-OH is 1. The van der Waals surface area contributed by atoms with Crippen molar-refractivity contribution in [3.05, 3.63) is 41.1 Å². The SMILES string of the molecule is C[C@@H](C1CC1)N1Cc2cc(-c3ccn4nc(N)c(C(O)NC5CC5)c4n3)cc(S(C)(=O)=O)c2C1=O. The maximum atomic E-state index is 13.3. The number of benzene rings is 1. The van der Waals surface area contributed by atoms with Gasteiger partial charge in [0.15, 0.2) is 21.3 Å². The van der Waals surface area contributed by atoms with E-state index >= 15 is 0 Å². The van der Waals surface area contributed by atoms with Crippen molar-refractivity contribution in [1.29, 1.82) is 0 Å². The lowest BCUT2D eigenvalue weighted by Gasteiger charge is -2.24. The number of carbonyl (C=O) groups is 1. The van der Waals surface area contributed by atoms with Gasteiger partial charge in [0, 0.05) is 36.6 Å². The minimum Gasteiger partial charge on any atom is -0.382 e. The van der Waals surface area contributed by atoms with Crippen LogP contribution >= 0.6 is 0 Å². The number of nitrogens with two attached hydrogens (primary N) is 1. The van der Waals surface area contributed by atoms with E-state index in [2.05, 4.69) is 10.4 Å². The minimum atomic E-state index is -3.67. The summed E-state index contributed by atoms with van der Waals surface area (Å²) < 4.78 is 27.0. The van der Waals surface area contributed by atoms with Gasteiger partial charge in [-0.1, -0.05) is 0 Å². The number of amides is 1. The number of hydrogen-bond donors (Lipinski definition) is 3. The fourth-order valence-corrected chi connectivity index (χ4v) is 5.92. The third-order valence-corrected chi connectivity index (χ3v) is 8.40. The molecule has 2 atom stereocenters. The summed E-state index contributed by atoms with van der Waals surface area (Å²) in [5.41, 5.74) is 8.91. The maximum Gasteiger partial charge on any atom is 0.256 e. The number of nitrogen functional groups attached to an aromatic ring is 1. The summed E-state index contributed by atoms with van der Waals surface area (Å²) in [5.74, 6) is 0.422. The van der Waals surface area contributed by atoms with E-state index in [1.165, 1.54) is 10.6 Å². The third kappa shape index (κ3) is 3.87. The van der Waals surface area contributed by atoms with Crippen LogP contribution in [0.15, 0.2) is 29.3 Å². The molecular weight excluding hydrogens is 468 g/mol. The number of nitrogens with one attached hydrogen (secondary N) is 1. The van der Waals surface area contributed by atoms with Crippen LogP contribution in [0.5, 0.6) is 0 Å². The standard InChI is InChI=1S/C24H28N6O4S/c1-12(13-3-4-13)29-11-15-9-14(10-18(35(2,33)34)19(15)24(29)32)17-7-8-30-22(27-17)20(21(25)28-30)23(31)26-16-5-6-16/h7-10,12-13,16,23,26,31H,3-6,11H2,1-2H3,(H2,25,28)/t12-,23?/m0/s1. The Hall–Kier alpha value is -3.02. The van der Waals surface area contributed by atoms with Gasteiger partial charge in [0.05, 0.1) is 21.7 Å². The Morgan fingerprint density at radius 1 is 1.23 bits per heavy atom. The number of hydrogen-bond acceptors (Lipinski definition) is 8. The van der Waals surface area contributed by atoms with E-state index in [1.54, 1.807) is 17.2 Å². The number of aromatic nitrogens is 3. The van der Waals surface area contributed by atoms with Crippen molar-refractivity contribution in [2.24, 2.45) is 5.92 Å². The van der Waals surface area contributed by atoms with E-state index in [-0.39, 0.29) is 34.3 Å². The second kappa shape index (κ2) is 7.74. The number of fused-ring (bicyclic) bond motifs is 2. The molecule has 3 heterocycles. The van der Waals surface area contributed by atoms with Crippen LogP contribution in [0, 0.1) is 5.92 Å². The van der Waals surface area contributed by atoms with Crippen LogP contribution in [0.1, 0.15) is 60.3 Å². The maximum absolute atomic E-state index is 13.3. The quantitative estimate of drug-likeness (QED) is 0.421. The minimum absolute atomic E-state index is 0.0193. The first-order chi connectivity index (χ1) is 16.6. The summed E-state index contributed by atoms with van der Waals surface area (Å²) >= 11 is 0. The molecular formula is C24H28N6O4S. The fraction of sp³-hybridized carbons (Fsp3) is 0.458. The Bertz CT molecular complexity index is 1470. The van der Waals surface area contributed by atoms with E-state index in [9.17, 15) is 18.3 Å². The molecule has 1 aromatic carbocycles. The molecule has 10 nitrogen and oxygen atoms in total. The molecule has 2 aliphatic carbocycles. The van der Waals surface area contributed by atoms with Gasteiger partial charge in [0.25, 0.3) is 5.91 Å². The highest BCUT2D eigenvalue weighted by atomic mass is 32.2. The van der Waals surface area contributed by atoms with Gasteiger partial charge in [-0.05, 0) is 62.3 Å². The molecule has 0 radical (unpaired) electrons. The molecule has 0 saturated heterocycles. The highest BCUT2D eigenvalue weighted by molar-refractivity contribution is 7.90. The van der Waals surface area contributed by atoms with Gasteiger partial charge in [-0.3, -0.25) is 10.1 Å². The van der Waals surface area contributed by atoms with Crippen molar-refractivity contribution in [3.8, 4) is 11.3 Å². The van der Waals surface area contributed by atoms with E-state index in [0.717, 1.165) is 31.9 Å². The van der Waals surface area contributed by atoms with Crippen LogP contribution in [0.2, 0.25) is 0 Å². The average Bonchev–Trinajstić information content (AvgIpc) is 3.72. The van der Waals surface area contributed by atoms with Gasteiger partial charge in [0.2, 0.25) is 0 Å². The largest absolute Gasteiger partial charge is 0.382 e. The highest BCUT2D eigenvalue weighted by Crippen LogP contribution is 2.40. The Morgan fingerprint density at radius 3 is 2.63 bits per heavy atom. The normalized spacial score (nSPS) is 19.9. The number of sulfone groups is 1. The zero-order chi connectivity index (χ0) is 24.6. The number of nitrogens with zero attached hydrogens (tertiary/aromatic N) is 4. The second-order valence-electron chi connectivity index (χ2n) is 10.0. The van der Waals surface area contributed by atoms with Crippen molar-refractivity contribution in [1.82, 2.24) is 24.8 Å². The van der Waals surface area contributed by atoms with Crippen molar-refractivity contribution in [2.75, 3.05) is 12.0 Å². The predicted octanol–water partition coefficient (Wildman–Crippen LogP) is 1.88. The Morgan fingerprint density at radius 2 is 1.97 bits per heavy atom. The lowest BCUT2D eigenvalue weighted by molar-refractivity contribution is 0.0694. The molecule has 1 aliphatic heterocycles. The molecule has 6 rings (SSSR count). The molecule has 0 spiro atoms. The molecule has 1 amide bonds. The number of carbonyl (C=O) groups excluding carboxylic acids is 1. The molecule has 4 N–H and O–H groups in total. The van der Waals surface area contributed by atoms with Crippen LogP contribution in [0.25, 0.3) is 16.9 Å². The molecule has 184 valence electrons. The molecule has 3 aliphatic rings. The Kier molecular flexibility index (Phi) is 4.96. The van der Waals surface area contributed by atoms with Crippen LogP contribution < -0.4 is 11.1 Å². The first kappa shape index (κ1) is 22.4. The number of aliphatic hydroxyl groups is 1. The summed E-state index contributed by atoms with van der Waals surface area (Å²) in [7, 11) is -3.67. The summed E-state index contributed by atoms with van der Waals surface area (Å²) in [6, 6.07) is 5.40. The molecule has 2 aromatic heterocycles. The smallest absolute Gasteiger partial charge is 0.256 e. The van der Waals surface area contributed by atoms with Crippen LogP contribution in [0.4, 0.5) is 5.82 Å². The predicted molar refractivity (Wildman–Crippen MR) is 129 cm³/mol. The van der Waals surface area contributed by atoms with Crippen molar-refractivity contribution in [3.63, 3.8) is 0 Å². The summed E-state index contributed by atoms with van der Waals surface area (Å²) in [6.07, 6.45) is 5.96. The molecule has 0 bridgehead atoms. The Balaban J connectivity index is 1.45. The monoisotopic (exact) mass is 496 g/mol. The molecule has 3 aromatic rings. The second-order valence-corrected chi connectivity index (χ2v) is 12.0. The molecule has 2 fully saturated rings. The molecule has 2 saturated carbocycles. The van der Waals surface area contributed by atoms with Gasteiger partial charge in [0.1, 0.15) is 6.23 Å². The van der Waals surface area contributed by atoms with Gasteiger partial charge < -0.3 is 15.7 Å². The summed E-state index contributed by atoms with van der Waals surface area (Å²) in [4.78, 5) is 19.8. The van der Waals surface area contributed by atoms with Gasteiger partial charge >= 0.3 is 0 Å². The summed E-state index contributed by atoms with van der Waals surface area (Å²) in [5, 5.41) is 18.1. The first-order valence-corrected chi connectivity index (χ1v) is 13.8. The van der Waals surface area contributed by atoms with Crippen LogP contribution in [-0.2, 0) is 16.4 Å². The lowest BCUT2D eigenvalue weighted by atomic mass is 10.0. The van der Waals surface area contributed by atoms with Crippen molar-refractivity contribution in [2.45, 2.75) is 62.4 Å². The highest BCUT2D eigenvalue weighted by Gasteiger charge is 2.41. The van der Waals surface area contributed by atoms with Crippen molar-refractivity contribution < 1.29 is 18.3 Å². The number of anilines is 1. The lowest BCUT2D eigenvalue weighted by Crippen LogP contribution is -2.35. The van der Waals surface area contributed by atoms with E-state index in [4.69, 9.17) is 10.7 Å². The average molecular weight is 497 g/mol. The van der Waals surface area contributed by atoms with Crippen LogP contribution in [0.3, 0.4) is 0 Å². The van der Waals surface area contributed by atoms with E-state index in [0.29, 0.717) is 40.5 Å². The number of rotatable bonds is 7. The van der Waals surface area contributed by atoms with E-state index < -0.39 is 16.1 Å². The van der Waals surface area contributed by atoms with Crippen LogP contribution in [-0.4, -0.2) is 57.3 Å². The first-order valence-electron chi connectivity index (χ1n) is 11.9. The Labute approximate surface area is 203 Å². The van der Waals surface area contributed by atoms with Gasteiger partial charge in [-0.15, -0.1) is 5.10 Å². The van der Waals surface area contributed by atoms with Crippen molar-refractivity contribution >= 4 is 27.2 Å². The van der Waals surface area contributed by atoms with Gasteiger partial charge in [-0.2, -0.15) is 0 Å². The zero-order valence-corrected chi connectivity index (χ0v) is 20.4. The third-order valence-electron chi connectivity index (χ3n) is 7.28. The topological polar surface area (TPSA) is 143 Å². The van der Waals surface area contributed by atoms with Gasteiger partial charge in [-0.25, -0.2) is 17.9 Å². The summed E-state index contributed by atoms with van der Waals surface area (Å²) in [6.45, 7) is 2.41. The zero-order valence-electron chi connectivity index (χ0n) is 19.6. The molecule has 11 heteroatoms. The fourth-order valence-electron chi connectivity index (χ4n) is 4.98. The van der Waals surface area contributed by atoms with E-state index in [1.807, 2.05) is 13.0 Å².